The van der Waals surface area contributed by atoms with Gasteiger partial charge in [-0.2, -0.15) is 11.8 Å². The summed E-state index contributed by atoms with van der Waals surface area (Å²) in [6, 6.07) is 0.373. The average molecular weight is 171 g/mol. The fraction of sp³-hybridized carbons (Fsp3) is 0.556. The molecule has 1 N–H and O–H groups in total. The quantitative estimate of drug-likeness (QED) is 0.616. The molecule has 0 aromatic heterocycles. The van der Waals surface area contributed by atoms with Crippen molar-refractivity contribution in [1.29, 1.82) is 0 Å². The average Bonchev–Trinajstić information content (AvgIpc) is 1.97. The normalized spacial score (nSPS) is 12.2. The van der Waals surface area contributed by atoms with E-state index >= 15 is 0 Å². The molecule has 0 amide bonds. The van der Waals surface area contributed by atoms with Gasteiger partial charge in [0.15, 0.2) is 0 Å². The van der Waals surface area contributed by atoms with Crippen molar-refractivity contribution in [1.82, 2.24) is 5.32 Å². The molecule has 0 aliphatic carbocycles. The molecule has 0 aromatic carbocycles. The SMILES string of the molecule is C=CC(CSCC)NC(=C)C. The highest BCUT2D eigenvalue weighted by atomic mass is 32.2. The van der Waals surface area contributed by atoms with Crippen LogP contribution in [0.3, 0.4) is 0 Å². The van der Waals surface area contributed by atoms with E-state index in [1.165, 1.54) is 0 Å². The zero-order chi connectivity index (χ0) is 8.69. The maximum atomic E-state index is 3.78. The van der Waals surface area contributed by atoms with Gasteiger partial charge in [0, 0.05) is 11.4 Å². The van der Waals surface area contributed by atoms with Gasteiger partial charge in [-0.3, -0.25) is 0 Å². The molecule has 11 heavy (non-hydrogen) atoms. The van der Waals surface area contributed by atoms with Crippen molar-refractivity contribution in [2.75, 3.05) is 11.5 Å². The highest BCUT2D eigenvalue weighted by Gasteiger charge is 2.00. The Bertz CT molecular complexity index is 132. The monoisotopic (exact) mass is 171 g/mol. The minimum atomic E-state index is 0.373. The molecule has 0 aliphatic rings. The topological polar surface area (TPSA) is 12.0 Å². The van der Waals surface area contributed by atoms with Crippen molar-refractivity contribution in [3.8, 4) is 0 Å². The standard InChI is InChI=1S/C9H17NS/c1-5-9(7-11-6-2)10-8(3)4/h5,9-10H,1,3,6-7H2,2,4H3. The van der Waals surface area contributed by atoms with Gasteiger partial charge in [-0.1, -0.05) is 19.6 Å². The Hall–Kier alpha value is -0.370. The molecular formula is C9H17NS. The van der Waals surface area contributed by atoms with Gasteiger partial charge in [-0.05, 0) is 12.7 Å². The summed E-state index contributed by atoms with van der Waals surface area (Å²) < 4.78 is 0. The first-order valence-corrected chi connectivity index (χ1v) is 4.98. The Morgan fingerprint density at radius 2 is 2.36 bits per heavy atom. The Labute approximate surface area is 74.0 Å². The Morgan fingerprint density at radius 3 is 2.73 bits per heavy atom. The number of rotatable bonds is 6. The summed E-state index contributed by atoms with van der Waals surface area (Å²) in [4.78, 5) is 0. The minimum absolute atomic E-state index is 0.373. The van der Waals surface area contributed by atoms with Crippen molar-refractivity contribution in [3.63, 3.8) is 0 Å². The molecule has 0 radical (unpaired) electrons. The van der Waals surface area contributed by atoms with E-state index in [1.54, 1.807) is 0 Å². The predicted molar refractivity (Wildman–Crippen MR) is 54.9 cm³/mol. The summed E-state index contributed by atoms with van der Waals surface area (Å²) in [7, 11) is 0. The van der Waals surface area contributed by atoms with E-state index in [9.17, 15) is 0 Å². The van der Waals surface area contributed by atoms with Crippen LogP contribution in [0.5, 0.6) is 0 Å². The highest BCUT2D eigenvalue weighted by molar-refractivity contribution is 7.99. The first-order valence-electron chi connectivity index (χ1n) is 3.83. The first kappa shape index (κ1) is 10.6. The van der Waals surface area contributed by atoms with Crippen molar-refractivity contribution >= 4 is 11.8 Å². The second-order valence-electron chi connectivity index (χ2n) is 2.43. The van der Waals surface area contributed by atoms with E-state index in [0.29, 0.717) is 6.04 Å². The Morgan fingerprint density at radius 1 is 1.73 bits per heavy atom. The third-order valence-corrected chi connectivity index (χ3v) is 2.22. The third kappa shape index (κ3) is 6.05. The van der Waals surface area contributed by atoms with E-state index < -0.39 is 0 Å². The minimum Gasteiger partial charge on any atom is -0.382 e. The summed E-state index contributed by atoms with van der Waals surface area (Å²) in [5.41, 5.74) is 1.01. The molecule has 0 saturated carbocycles. The molecule has 1 unspecified atom stereocenters. The van der Waals surface area contributed by atoms with E-state index in [2.05, 4.69) is 25.4 Å². The van der Waals surface area contributed by atoms with Crippen LogP contribution < -0.4 is 5.32 Å². The van der Waals surface area contributed by atoms with E-state index in [-0.39, 0.29) is 0 Å². The van der Waals surface area contributed by atoms with Crippen molar-refractivity contribution in [2.45, 2.75) is 19.9 Å². The molecular weight excluding hydrogens is 154 g/mol. The molecule has 0 spiro atoms. The molecule has 1 atom stereocenters. The summed E-state index contributed by atoms with van der Waals surface area (Å²) in [5, 5.41) is 3.23. The van der Waals surface area contributed by atoms with Gasteiger partial charge < -0.3 is 5.32 Å². The van der Waals surface area contributed by atoms with Crippen LogP contribution in [0.15, 0.2) is 24.9 Å². The van der Waals surface area contributed by atoms with Crippen LogP contribution in [-0.4, -0.2) is 17.5 Å². The van der Waals surface area contributed by atoms with Gasteiger partial charge in [0.05, 0.1) is 6.04 Å². The number of allylic oxidation sites excluding steroid dienone is 1. The van der Waals surface area contributed by atoms with Crippen LogP contribution in [-0.2, 0) is 0 Å². The molecule has 1 nitrogen and oxygen atoms in total. The van der Waals surface area contributed by atoms with Gasteiger partial charge >= 0.3 is 0 Å². The predicted octanol–water partition coefficient (Wildman–Crippen LogP) is 2.42. The van der Waals surface area contributed by atoms with Crippen LogP contribution in [0.1, 0.15) is 13.8 Å². The molecule has 2 heteroatoms. The lowest BCUT2D eigenvalue weighted by molar-refractivity contribution is 0.741. The summed E-state index contributed by atoms with van der Waals surface area (Å²) >= 11 is 1.91. The number of nitrogens with one attached hydrogen (secondary N) is 1. The zero-order valence-corrected chi connectivity index (χ0v) is 8.21. The maximum absolute atomic E-state index is 3.78. The van der Waals surface area contributed by atoms with Crippen LogP contribution >= 0.6 is 11.8 Å². The summed E-state index contributed by atoms with van der Waals surface area (Å²) in [6.45, 7) is 11.7. The molecule has 0 heterocycles. The van der Waals surface area contributed by atoms with Gasteiger partial charge in [0.25, 0.3) is 0 Å². The van der Waals surface area contributed by atoms with Crippen LogP contribution in [0, 0.1) is 0 Å². The fourth-order valence-corrected chi connectivity index (χ4v) is 1.44. The molecule has 0 aliphatic heterocycles. The highest BCUT2D eigenvalue weighted by Crippen LogP contribution is 2.03. The number of hydrogen-bond donors (Lipinski definition) is 1. The van der Waals surface area contributed by atoms with Crippen molar-refractivity contribution < 1.29 is 0 Å². The Balaban J connectivity index is 3.57. The number of hydrogen-bond acceptors (Lipinski definition) is 2. The van der Waals surface area contributed by atoms with Crippen LogP contribution in [0.4, 0.5) is 0 Å². The lowest BCUT2D eigenvalue weighted by Crippen LogP contribution is -2.27. The molecule has 0 bridgehead atoms. The van der Waals surface area contributed by atoms with Gasteiger partial charge in [0.1, 0.15) is 0 Å². The lowest BCUT2D eigenvalue weighted by Gasteiger charge is -2.14. The second kappa shape index (κ2) is 6.35. The van der Waals surface area contributed by atoms with E-state index in [4.69, 9.17) is 0 Å². The smallest absolute Gasteiger partial charge is 0.0529 e. The largest absolute Gasteiger partial charge is 0.382 e. The van der Waals surface area contributed by atoms with Gasteiger partial charge in [-0.25, -0.2) is 0 Å². The molecule has 0 fully saturated rings. The maximum Gasteiger partial charge on any atom is 0.0529 e. The number of thioether (sulfide) groups is 1. The van der Waals surface area contributed by atoms with E-state index in [1.807, 2.05) is 24.8 Å². The third-order valence-electron chi connectivity index (χ3n) is 1.22. The summed E-state index contributed by atoms with van der Waals surface area (Å²) in [6.07, 6.45) is 1.93. The molecule has 64 valence electrons. The van der Waals surface area contributed by atoms with E-state index in [0.717, 1.165) is 17.2 Å². The Kier molecular flexibility index (Phi) is 6.13. The second-order valence-corrected chi connectivity index (χ2v) is 3.75. The zero-order valence-electron chi connectivity index (χ0n) is 7.39. The lowest BCUT2D eigenvalue weighted by atomic mass is 10.3. The van der Waals surface area contributed by atoms with Gasteiger partial charge in [-0.15, -0.1) is 6.58 Å². The summed E-state index contributed by atoms with van der Waals surface area (Å²) in [5.74, 6) is 2.23. The van der Waals surface area contributed by atoms with Crippen molar-refractivity contribution in [2.24, 2.45) is 0 Å². The fourth-order valence-electron chi connectivity index (χ4n) is 0.730. The molecule has 0 aromatic rings. The van der Waals surface area contributed by atoms with Crippen LogP contribution in [0.25, 0.3) is 0 Å². The van der Waals surface area contributed by atoms with Gasteiger partial charge in [0.2, 0.25) is 0 Å². The van der Waals surface area contributed by atoms with Crippen LogP contribution in [0.2, 0.25) is 0 Å². The first-order chi connectivity index (χ1) is 5.20. The van der Waals surface area contributed by atoms with Crippen molar-refractivity contribution in [3.05, 3.63) is 24.9 Å². The molecule has 0 saturated heterocycles. The molecule has 0 rings (SSSR count).